The molecule has 0 saturated carbocycles. The van der Waals surface area contributed by atoms with Crippen molar-refractivity contribution in [3.63, 3.8) is 0 Å². The lowest BCUT2D eigenvalue weighted by molar-refractivity contribution is 0.937. The van der Waals surface area contributed by atoms with Crippen molar-refractivity contribution in [1.29, 1.82) is 0 Å². The van der Waals surface area contributed by atoms with Crippen molar-refractivity contribution in [2.75, 3.05) is 6.54 Å². The van der Waals surface area contributed by atoms with Crippen LogP contribution in [0.5, 0.6) is 0 Å². The Hall–Kier alpha value is -1.28. The van der Waals surface area contributed by atoms with Crippen LogP contribution in [0.25, 0.3) is 10.9 Å². The molecule has 2 heteroatoms. The van der Waals surface area contributed by atoms with Gasteiger partial charge in [0, 0.05) is 29.7 Å². The maximum atomic E-state index is 3.32. The van der Waals surface area contributed by atoms with Crippen LogP contribution in [-0.2, 0) is 6.42 Å². The van der Waals surface area contributed by atoms with Crippen LogP contribution in [0.4, 0.5) is 0 Å². The number of fused-ring (bicyclic) bond motifs is 1. The summed E-state index contributed by atoms with van der Waals surface area (Å²) in [6, 6.07) is 9.19. The molecule has 1 aliphatic heterocycles. The molecule has 80 valence electrons. The van der Waals surface area contributed by atoms with Crippen molar-refractivity contribution in [3.8, 4) is 0 Å². The van der Waals surface area contributed by atoms with Crippen molar-refractivity contribution in [2.24, 2.45) is 0 Å². The van der Waals surface area contributed by atoms with Crippen molar-refractivity contribution in [1.82, 2.24) is 10.3 Å². The highest BCUT2D eigenvalue weighted by molar-refractivity contribution is 5.83. The van der Waals surface area contributed by atoms with Crippen LogP contribution in [0, 0.1) is 0 Å². The average Bonchev–Trinajstić information content (AvgIpc) is 3.03. The number of nitrogens with one attached hydrogen (secondary N) is 2. The molecular weight excluding hydrogens is 184 g/mol. The lowest BCUT2D eigenvalue weighted by Gasteiger charge is -1.94. The summed E-state index contributed by atoms with van der Waals surface area (Å²) in [5.41, 5.74) is 2.68. The fraction of sp³-hybridized carbons (Fsp3) is 0.385. The fourth-order valence-corrected chi connectivity index (χ4v) is 1.79. The third-order valence-electron chi connectivity index (χ3n) is 2.63. The molecule has 2 heterocycles. The van der Waals surface area contributed by atoms with Crippen LogP contribution in [0.2, 0.25) is 0 Å². The van der Waals surface area contributed by atoms with Crippen molar-refractivity contribution >= 4 is 10.9 Å². The Balaban J connectivity index is 0.000000404. The van der Waals surface area contributed by atoms with E-state index in [9.17, 15) is 0 Å². The maximum absolute atomic E-state index is 3.32. The van der Waals surface area contributed by atoms with Gasteiger partial charge in [0.1, 0.15) is 0 Å². The molecule has 1 aromatic carbocycles. The molecule has 0 spiro atoms. The number of para-hydroxylation sites is 1. The van der Waals surface area contributed by atoms with Crippen molar-refractivity contribution < 1.29 is 0 Å². The van der Waals surface area contributed by atoms with Gasteiger partial charge >= 0.3 is 0 Å². The Bertz CT molecular complexity index is 427. The summed E-state index contributed by atoms with van der Waals surface area (Å²) in [4.78, 5) is 3.29. The zero-order valence-corrected chi connectivity index (χ0v) is 9.38. The summed E-state index contributed by atoms with van der Waals surface area (Å²) in [6.45, 7) is 5.18. The minimum atomic E-state index is 0.721. The highest BCUT2D eigenvalue weighted by Crippen LogP contribution is 2.20. The van der Waals surface area contributed by atoms with E-state index in [-0.39, 0.29) is 0 Å². The van der Waals surface area contributed by atoms with Gasteiger partial charge in [-0.3, -0.25) is 0 Å². The molecule has 2 nitrogen and oxygen atoms in total. The molecule has 0 bridgehead atoms. The van der Waals surface area contributed by atoms with E-state index < -0.39 is 0 Å². The van der Waals surface area contributed by atoms with Gasteiger partial charge in [0.2, 0.25) is 0 Å². The molecule has 1 aromatic heterocycles. The first-order valence-electron chi connectivity index (χ1n) is 5.72. The molecule has 1 saturated heterocycles. The Morgan fingerprint density at radius 1 is 1.27 bits per heavy atom. The lowest BCUT2D eigenvalue weighted by Crippen LogP contribution is -1.94. The molecule has 2 aromatic rings. The van der Waals surface area contributed by atoms with Gasteiger partial charge in [-0.15, -0.1) is 0 Å². The number of H-pyrrole nitrogens is 1. The summed E-state index contributed by atoms with van der Waals surface area (Å²) in [5.74, 6) is 0. The molecule has 1 unspecified atom stereocenters. The van der Waals surface area contributed by atoms with Gasteiger partial charge in [-0.05, 0) is 18.1 Å². The molecule has 0 amide bonds. The summed E-state index contributed by atoms with van der Waals surface area (Å²) >= 11 is 0. The first-order chi connectivity index (χ1) is 7.43. The summed E-state index contributed by atoms with van der Waals surface area (Å²) in [6.07, 6.45) is 3.29. The predicted octanol–water partition coefficient (Wildman–Crippen LogP) is 2.71. The Kier molecular flexibility index (Phi) is 3.07. The van der Waals surface area contributed by atoms with E-state index in [1.165, 1.54) is 23.0 Å². The number of rotatable bonds is 2. The average molecular weight is 202 g/mol. The lowest BCUT2D eigenvalue weighted by atomic mass is 10.1. The molecule has 2 N–H and O–H groups in total. The monoisotopic (exact) mass is 202 g/mol. The second-order valence-corrected chi connectivity index (χ2v) is 3.67. The normalized spacial score (nSPS) is 18.4. The van der Waals surface area contributed by atoms with Crippen molar-refractivity contribution in [2.45, 2.75) is 26.3 Å². The molecule has 1 fully saturated rings. The van der Waals surface area contributed by atoms with E-state index >= 15 is 0 Å². The Morgan fingerprint density at radius 3 is 2.73 bits per heavy atom. The third kappa shape index (κ3) is 2.21. The second-order valence-electron chi connectivity index (χ2n) is 3.67. The zero-order chi connectivity index (χ0) is 10.7. The third-order valence-corrected chi connectivity index (χ3v) is 2.63. The van der Waals surface area contributed by atoms with E-state index in [1.807, 2.05) is 13.8 Å². The number of hydrogen-bond acceptors (Lipinski definition) is 1. The van der Waals surface area contributed by atoms with Gasteiger partial charge in [-0.2, -0.15) is 0 Å². The quantitative estimate of drug-likeness (QED) is 0.722. The molecule has 15 heavy (non-hydrogen) atoms. The molecule has 0 aliphatic carbocycles. The minimum absolute atomic E-state index is 0.721. The van der Waals surface area contributed by atoms with E-state index in [0.29, 0.717) is 0 Å². The van der Waals surface area contributed by atoms with Gasteiger partial charge in [-0.1, -0.05) is 32.0 Å². The number of hydrogen-bond donors (Lipinski definition) is 2. The largest absolute Gasteiger partial charge is 0.361 e. The highest BCUT2D eigenvalue weighted by atomic mass is 15.1. The van der Waals surface area contributed by atoms with Crippen LogP contribution in [0.15, 0.2) is 30.5 Å². The Morgan fingerprint density at radius 2 is 2.00 bits per heavy atom. The molecule has 1 atom stereocenters. The smallest absolute Gasteiger partial charge is 0.0456 e. The van der Waals surface area contributed by atoms with Crippen LogP contribution < -0.4 is 5.32 Å². The summed E-state index contributed by atoms with van der Waals surface area (Å²) in [7, 11) is 0. The SMILES string of the molecule is CC.c1ccc2c(CC3CN3)c[nH]c2c1. The topological polar surface area (TPSA) is 37.7 Å². The Labute approximate surface area is 90.7 Å². The molecular formula is C13H18N2. The van der Waals surface area contributed by atoms with Crippen LogP contribution >= 0.6 is 0 Å². The first kappa shape index (κ1) is 10.2. The standard InChI is InChI=1S/C11H12N2.C2H6/c1-2-4-11-10(3-1)8(6-13-11)5-9-7-12-9;1-2/h1-4,6,9,12-13H,5,7H2;1-2H3. The maximum Gasteiger partial charge on any atom is 0.0456 e. The van der Waals surface area contributed by atoms with Crippen LogP contribution in [-0.4, -0.2) is 17.6 Å². The van der Waals surface area contributed by atoms with E-state index in [2.05, 4.69) is 40.8 Å². The zero-order valence-electron chi connectivity index (χ0n) is 9.38. The molecule has 1 aliphatic rings. The first-order valence-corrected chi connectivity index (χ1v) is 5.72. The van der Waals surface area contributed by atoms with Gasteiger partial charge in [0.25, 0.3) is 0 Å². The van der Waals surface area contributed by atoms with Gasteiger partial charge in [0.05, 0.1) is 0 Å². The number of benzene rings is 1. The fourth-order valence-electron chi connectivity index (χ4n) is 1.79. The number of aromatic amines is 1. The summed E-state index contributed by atoms with van der Waals surface area (Å²) in [5, 5.41) is 4.69. The van der Waals surface area contributed by atoms with Gasteiger partial charge in [0.15, 0.2) is 0 Å². The van der Waals surface area contributed by atoms with E-state index in [0.717, 1.165) is 12.5 Å². The van der Waals surface area contributed by atoms with Gasteiger partial charge < -0.3 is 10.3 Å². The predicted molar refractivity (Wildman–Crippen MR) is 65.1 cm³/mol. The van der Waals surface area contributed by atoms with E-state index in [4.69, 9.17) is 0 Å². The summed E-state index contributed by atoms with van der Waals surface area (Å²) < 4.78 is 0. The second kappa shape index (κ2) is 4.49. The van der Waals surface area contributed by atoms with Crippen LogP contribution in [0.3, 0.4) is 0 Å². The van der Waals surface area contributed by atoms with E-state index in [1.54, 1.807) is 0 Å². The highest BCUT2D eigenvalue weighted by Gasteiger charge is 2.21. The molecule has 3 rings (SSSR count). The van der Waals surface area contributed by atoms with Gasteiger partial charge in [-0.25, -0.2) is 0 Å². The van der Waals surface area contributed by atoms with Crippen molar-refractivity contribution in [3.05, 3.63) is 36.0 Å². The molecule has 0 radical (unpaired) electrons. The minimum Gasteiger partial charge on any atom is -0.361 e. The number of aromatic nitrogens is 1. The van der Waals surface area contributed by atoms with Crippen LogP contribution in [0.1, 0.15) is 19.4 Å².